The summed E-state index contributed by atoms with van der Waals surface area (Å²) in [6, 6.07) is 17.8. The first-order chi connectivity index (χ1) is 9.59. The molecule has 0 amide bonds. The predicted octanol–water partition coefficient (Wildman–Crippen LogP) is 3.33. The zero-order chi connectivity index (χ0) is 14.5. The normalized spacial score (nSPS) is 15.6. The van der Waals surface area contributed by atoms with Gasteiger partial charge in [0, 0.05) is 22.6 Å². The lowest BCUT2D eigenvalue weighted by Crippen LogP contribution is -2.28. The van der Waals surface area contributed by atoms with Gasteiger partial charge in [-0.05, 0) is 30.5 Å². The van der Waals surface area contributed by atoms with E-state index >= 15 is 0 Å². The monoisotopic (exact) mass is 287 g/mol. The number of aryl methyl sites for hydroxylation is 1. The standard InChI is InChI=1S/C17H21NOS/c1-13-8-6-7-11-16(13)12-20(19)14(2)17(18)15-9-4-3-5-10-15/h3-11,14,17H,12,18H2,1-2H3. The summed E-state index contributed by atoms with van der Waals surface area (Å²) in [5, 5.41) is -0.0722. The lowest BCUT2D eigenvalue weighted by molar-refractivity contribution is 0.642. The van der Waals surface area contributed by atoms with E-state index in [-0.39, 0.29) is 11.3 Å². The molecule has 0 aromatic heterocycles. The van der Waals surface area contributed by atoms with E-state index in [2.05, 4.69) is 0 Å². The highest BCUT2D eigenvalue weighted by atomic mass is 32.2. The topological polar surface area (TPSA) is 43.1 Å². The Hall–Kier alpha value is -1.45. The number of hydrogen-bond acceptors (Lipinski definition) is 2. The SMILES string of the molecule is Cc1ccccc1CS(=O)C(C)C(N)c1ccccc1. The second-order valence-corrected chi connectivity index (χ2v) is 6.89. The van der Waals surface area contributed by atoms with Crippen LogP contribution in [0.1, 0.15) is 29.7 Å². The average molecular weight is 287 g/mol. The van der Waals surface area contributed by atoms with Gasteiger partial charge in [-0.25, -0.2) is 0 Å². The molecule has 0 heterocycles. The number of benzene rings is 2. The smallest absolute Gasteiger partial charge is 0.0516 e. The van der Waals surface area contributed by atoms with Gasteiger partial charge in [0.25, 0.3) is 0 Å². The van der Waals surface area contributed by atoms with E-state index < -0.39 is 10.8 Å². The van der Waals surface area contributed by atoms with Gasteiger partial charge in [0.15, 0.2) is 0 Å². The van der Waals surface area contributed by atoms with Gasteiger partial charge in [-0.1, -0.05) is 54.6 Å². The fourth-order valence-electron chi connectivity index (χ4n) is 2.17. The van der Waals surface area contributed by atoms with Crippen molar-refractivity contribution >= 4 is 10.8 Å². The van der Waals surface area contributed by atoms with Gasteiger partial charge in [0.2, 0.25) is 0 Å². The van der Waals surface area contributed by atoms with Crippen LogP contribution in [-0.4, -0.2) is 9.46 Å². The molecule has 3 heteroatoms. The zero-order valence-electron chi connectivity index (χ0n) is 12.0. The Labute approximate surface area is 123 Å². The summed E-state index contributed by atoms with van der Waals surface area (Å²) in [5.74, 6) is 0.564. The van der Waals surface area contributed by atoms with Crippen LogP contribution in [0.4, 0.5) is 0 Å². The van der Waals surface area contributed by atoms with Crippen LogP contribution in [0, 0.1) is 6.92 Å². The molecule has 0 saturated carbocycles. The van der Waals surface area contributed by atoms with E-state index in [0.717, 1.165) is 11.1 Å². The molecule has 20 heavy (non-hydrogen) atoms. The van der Waals surface area contributed by atoms with Crippen molar-refractivity contribution in [3.05, 3.63) is 71.3 Å². The van der Waals surface area contributed by atoms with Crippen molar-refractivity contribution in [2.24, 2.45) is 5.73 Å². The van der Waals surface area contributed by atoms with Crippen LogP contribution in [0.3, 0.4) is 0 Å². The first-order valence-electron chi connectivity index (χ1n) is 6.82. The Balaban J connectivity index is 2.08. The first kappa shape index (κ1) is 14.9. The third kappa shape index (κ3) is 3.56. The van der Waals surface area contributed by atoms with Gasteiger partial charge in [0.1, 0.15) is 0 Å². The van der Waals surface area contributed by atoms with E-state index in [1.165, 1.54) is 5.56 Å². The lowest BCUT2D eigenvalue weighted by atomic mass is 10.1. The second-order valence-electron chi connectivity index (χ2n) is 5.09. The highest BCUT2D eigenvalue weighted by molar-refractivity contribution is 7.84. The molecule has 106 valence electrons. The van der Waals surface area contributed by atoms with Crippen LogP contribution in [-0.2, 0) is 16.6 Å². The molecule has 3 atom stereocenters. The van der Waals surface area contributed by atoms with Gasteiger partial charge in [-0.2, -0.15) is 0 Å². The maximum absolute atomic E-state index is 12.5. The van der Waals surface area contributed by atoms with Crippen LogP contribution >= 0.6 is 0 Å². The molecule has 0 aliphatic rings. The Morgan fingerprint density at radius 3 is 2.30 bits per heavy atom. The minimum Gasteiger partial charge on any atom is -0.323 e. The van der Waals surface area contributed by atoms with Gasteiger partial charge in [0.05, 0.1) is 5.25 Å². The maximum Gasteiger partial charge on any atom is 0.0516 e. The van der Waals surface area contributed by atoms with E-state index in [9.17, 15) is 4.21 Å². The molecule has 2 rings (SSSR count). The van der Waals surface area contributed by atoms with Crippen molar-refractivity contribution in [2.45, 2.75) is 30.9 Å². The molecule has 0 fully saturated rings. The highest BCUT2D eigenvalue weighted by Gasteiger charge is 2.21. The summed E-state index contributed by atoms with van der Waals surface area (Å²) in [6.45, 7) is 4.01. The highest BCUT2D eigenvalue weighted by Crippen LogP contribution is 2.20. The molecule has 2 aromatic rings. The molecule has 0 radical (unpaired) electrons. The molecule has 0 aliphatic heterocycles. The average Bonchev–Trinajstić information content (AvgIpc) is 2.49. The molecule has 0 saturated heterocycles. The van der Waals surface area contributed by atoms with Gasteiger partial charge in [-0.15, -0.1) is 0 Å². The van der Waals surface area contributed by atoms with E-state index in [1.807, 2.05) is 68.4 Å². The summed E-state index contributed by atoms with van der Waals surface area (Å²) in [7, 11) is -0.982. The lowest BCUT2D eigenvalue weighted by Gasteiger charge is -2.20. The summed E-state index contributed by atoms with van der Waals surface area (Å²) >= 11 is 0. The van der Waals surface area contributed by atoms with Crippen molar-refractivity contribution in [3.63, 3.8) is 0 Å². The maximum atomic E-state index is 12.5. The number of nitrogens with two attached hydrogens (primary N) is 1. The van der Waals surface area contributed by atoms with Crippen molar-refractivity contribution in [1.29, 1.82) is 0 Å². The van der Waals surface area contributed by atoms with Crippen molar-refractivity contribution in [1.82, 2.24) is 0 Å². The first-order valence-corrected chi connectivity index (χ1v) is 8.20. The molecule has 3 unspecified atom stereocenters. The molecular formula is C17H21NOS. The summed E-state index contributed by atoms with van der Waals surface area (Å²) in [6.07, 6.45) is 0. The fraction of sp³-hybridized carbons (Fsp3) is 0.294. The van der Waals surface area contributed by atoms with Crippen LogP contribution < -0.4 is 5.73 Å². The van der Waals surface area contributed by atoms with Crippen LogP contribution in [0.5, 0.6) is 0 Å². The molecule has 2 N–H and O–H groups in total. The quantitative estimate of drug-likeness (QED) is 0.916. The van der Waals surface area contributed by atoms with Crippen molar-refractivity contribution in [3.8, 4) is 0 Å². The minimum atomic E-state index is -0.982. The Kier molecular flexibility index (Phi) is 5.10. The van der Waals surface area contributed by atoms with Gasteiger partial charge in [-0.3, -0.25) is 4.21 Å². The third-order valence-electron chi connectivity index (χ3n) is 3.66. The van der Waals surface area contributed by atoms with E-state index in [0.29, 0.717) is 5.75 Å². The summed E-state index contributed by atoms with van der Waals surface area (Å²) in [5.41, 5.74) is 9.60. The van der Waals surface area contributed by atoms with Crippen LogP contribution in [0.25, 0.3) is 0 Å². The van der Waals surface area contributed by atoms with Crippen molar-refractivity contribution in [2.75, 3.05) is 0 Å². The molecule has 2 nitrogen and oxygen atoms in total. The fourth-order valence-corrected chi connectivity index (χ4v) is 3.54. The Morgan fingerprint density at radius 1 is 1.05 bits per heavy atom. The zero-order valence-corrected chi connectivity index (χ0v) is 12.8. The largest absolute Gasteiger partial charge is 0.323 e. The van der Waals surface area contributed by atoms with Crippen LogP contribution in [0.15, 0.2) is 54.6 Å². The van der Waals surface area contributed by atoms with E-state index in [1.54, 1.807) is 0 Å². The summed E-state index contributed by atoms with van der Waals surface area (Å²) in [4.78, 5) is 0. The van der Waals surface area contributed by atoms with E-state index in [4.69, 9.17) is 5.73 Å². The van der Waals surface area contributed by atoms with Gasteiger partial charge >= 0.3 is 0 Å². The molecular weight excluding hydrogens is 266 g/mol. The number of hydrogen-bond donors (Lipinski definition) is 1. The number of rotatable bonds is 5. The Bertz CT molecular complexity index is 583. The minimum absolute atomic E-state index is 0.0722. The molecule has 0 spiro atoms. The Morgan fingerprint density at radius 2 is 1.65 bits per heavy atom. The molecule has 0 aliphatic carbocycles. The third-order valence-corrected chi connectivity index (χ3v) is 5.38. The van der Waals surface area contributed by atoms with Crippen LogP contribution in [0.2, 0.25) is 0 Å². The predicted molar refractivity (Wildman–Crippen MR) is 85.9 cm³/mol. The van der Waals surface area contributed by atoms with Gasteiger partial charge < -0.3 is 5.73 Å². The second kappa shape index (κ2) is 6.82. The van der Waals surface area contributed by atoms with Crippen molar-refractivity contribution < 1.29 is 4.21 Å². The summed E-state index contributed by atoms with van der Waals surface area (Å²) < 4.78 is 12.5. The molecule has 2 aromatic carbocycles. The molecule has 0 bridgehead atoms.